The van der Waals surface area contributed by atoms with E-state index in [9.17, 15) is 4.39 Å². The van der Waals surface area contributed by atoms with Gasteiger partial charge in [0.2, 0.25) is 0 Å². The van der Waals surface area contributed by atoms with Gasteiger partial charge < -0.3 is 0 Å². The molecule has 1 aliphatic carbocycles. The van der Waals surface area contributed by atoms with Crippen molar-refractivity contribution in [2.24, 2.45) is 0 Å². The normalized spacial score (nSPS) is 18.9. The molecule has 50 valence electrons. The van der Waals surface area contributed by atoms with Gasteiger partial charge in [0.15, 0.2) is 0 Å². The Morgan fingerprint density at radius 1 is 1.44 bits per heavy atom. The molecule has 0 N–H and O–H groups in total. The molecule has 0 aliphatic heterocycles. The predicted octanol–water partition coefficient (Wildman–Crippen LogP) is 2.44. The first-order valence-corrected chi connectivity index (χ1v) is 3.89. The van der Waals surface area contributed by atoms with Gasteiger partial charge >= 0.3 is 0 Å². The molecule has 0 spiro atoms. The number of halogens is 1. The monoisotopic (exact) mass is 144 g/mol. The molecule has 1 atom stereocenters. The first kappa shape index (κ1) is 6.95. The van der Waals surface area contributed by atoms with E-state index in [2.05, 4.69) is 9.24 Å². The Morgan fingerprint density at radius 3 is 2.67 bits per heavy atom. The standard InChI is InChI=1S/C7H10FP/c8-7-3-1-6(5-9)2-4-7/h1,3H,2,4-5,9H2. The molecule has 9 heavy (non-hydrogen) atoms. The summed E-state index contributed by atoms with van der Waals surface area (Å²) < 4.78 is 12.3. The predicted molar refractivity (Wildman–Crippen MR) is 41.1 cm³/mol. The highest BCUT2D eigenvalue weighted by Gasteiger charge is 2.02. The summed E-state index contributed by atoms with van der Waals surface area (Å²) in [5.41, 5.74) is 1.32. The zero-order chi connectivity index (χ0) is 6.69. The SMILES string of the molecule is FC1=CC=C(CP)CC1. The van der Waals surface area contributed by atoms with Gasteiger partial charge in [0, 0.05) is 6.42 Å². The van der Waals surface area contributed by atoms with Gasteiger partial charge in [-0.3, -0.25) is 0 Å². The fourth-order valence-electron chi connectivity index (χ4n) is 0.825. The lowest BCUT2D eigenvalue weighted by molar-refractivity contribution is 0.582. The van der Waals surface area contributed by atoms with Gasteiger partial charge in [0.05, 0.1) is 0 Å². The summed E-state index contributed by atoms with van der Waals surface area (Å²) in [7, 11) is 2.64. The van der Waals surface area contributed by atoms with Crippen molar-refractivity contribution in [3.05, 3.63) is 23.6 Å². The van der Waals surface area contributed by atoms with Crippen molar-refractivity contribution in [2.75, 3.05) is 6.16 Å². The molecule has 0 nitrogen and oxygen atoms in total. The molecule has 0 saturated heterocycles. The highest BCUT2D eigenvalue weighted by Crippen LogP contribution is 2.19. The maximum absolute atomic E-state index is 12.3. The molecular formula is C7H10FP. The van der Waals surface area contributed by atoms with E-state index in [1.807, 2.05) is 6.08 Å². The van der Waals surface area contributed by atoms with E-state index >= 15 is 0 Å². The van der Waals surface area contributed by atoms with E-state index < -0.39 is 0 Å². The zero-order valence-corrected chi connectivity index (χ0v) is 6.39. The lowest BCUT2D eigenvalue weighted by Gasteiger charge is -2.06. The lowest BCUT2D eigenvalue weighted by atomic mass is 10.1. The Kier molecular flexibility index (Phi) is 2.41. The molecule has 0 aromatic heterocycles. The summed E-state index contributed by atoms with van der Waals surface area (Å²) in [6, 6.07) is 0. The largest absolute Gasteiger partial charge is 0.212 e. The minimum atomic E-state index is 0.0113. The second-order valence-electron chi connectivity index (χ2n) is 2.14. The van der Waals surface area contributed by atoms with Crippen LogP contribution in [0.3, 0.4) is 0 Å². The molecule has 0 radical (unpaired) electrons. The molecule has 1 rings (SSSR count). The lowest BCUT2D eigenvalue weighted by Crippen LogP contribution is -1.90. The first-order valence-electron chi connectivity index (χ1n) is 3.07. The van der Waals surface area contributed by atoms with Crippen LogP contribution in [0.1, 0.15) is 12.8 Å². The van der Waals surface area contributed by atoms with E-state index in [1.165, 1.54) is 5.57 Å². The van der Waals surface area contributed by atoms with Gasteiger partial charge in [0.25, 0.3) is 0 Å². The van der Waals surface area contributed by atoms with Gasteiger partial charge in [-0.2, -0.15) is 0 Å². The Morgan fingerprint density at radius 2 is 2.22 bits per heavy atom. The maximum atomic E-state index is 12.3. The molecular weight excluding hydrogens is 134 g/mol. The highest BCUT2D eigenvalue weighted by atomic mass is 31.0. The van der Waals surface area contributed by atoms with Crippen LogP contribution in [0.5, 0.6) is 0 Å². The third-order valence-corrected chi connectivity index (χ3v) is 1.97. The molecule has 0 heterocycles. The van der Waals surface area contributed by atoms with Crippen LogP contribution in [-0.4, -0.2) is 6.16 Å². The average Bonchev–Trinajstić information content (AvgIpc) is 1.90. The quantitative estimate of drug-likeness (QED) is 0.496. The minimum Gasteiger partial charge on any atom is -0.212 e. The third-order valence-electron chi connectivity index (χ3n) is 1.45. The summed E-state index contributed by atoms with van der Waals surface area (Å²) in [5, 5.41) is 0. The van der Waals surface area contributed by atoms with E-state index in [0.29, 0.717) is 6.42 Å². The Bertz CT molecular complexity index is 158. The molecule has 0 aromatic rings. The average molecular weight is 144 g/mol. The van der Waals surface area contributed by atoms with Gasteiger partial charge in [0.1, 0.15) is 5.83 Å². The van der Waals surface area contributed by atoms with E-state index in [0.717, 1.165) is 12.6 Å². The van der Waals surface area contributed by atoms with E-state index in [-0.39, 0.29) is 5.83 Å². The zero-order valence-electron chi connectivity index (χ0n) is 5.23. The van der Waals surface area contributed by atoms with Crippen molar-refractivity contribution in [2.45, 2.75) is 12.8 Å². The number of rotatable bonds is 1. The summed E-state index contributed by atoms with van der Waals surface area (Å²) in [6.07, 6.45) is 5.89. The van der Waals surface area contributed by atoms with E-state index in [4.69, 9.17) is 0 Å². The van der Waals surface area contributed by atoms with Crippen LogP contribution in [0.2, 0.25) is 0 Å². The van der Waals surface area contributed by atoms with Crippen LogP contribution in [0, 0.1) is 0 Å². The number of hydrogen-bond acceptors (Lipinski definition) is 0. The third kappa shape index (κ3) is 1.91. The molecule has 0 amide bonds. The smallest absolute Gasteiger partial charge is 0.100 e. The molecule has 0 saturated carbocycles. The van der Waals surface area contributed by atoms with Crippen LogP contribution >= 0.6 is 9.24 Å². The Labute approximate surface area is 57.0 Å². The van der Waals surface area contributed by atoms with Gasteiger partial charge in [-0.1, -0.05) is 11.6 Å². The first-order chi connectivity index (χ1) is 4.33. The van der Waals surface area contributed by atoms with Crippen molar-refractivity contribution in [3.8, 4) is 0 Å². The molecule has 1 aliphatic rings. The van der Waals surface area contributed by atoms with Crippen molar-refractivity contribution < 1.29 is 4.39 Å². The van der Waals surface area contributed by atoms with Gasteiger partial charge in [-0.25, -0.2) is 4.39 Å². The van der Waals surface area contributed by atoms with Crippen molar-refractivity contribution >= 4 is 9.24 Å². The van der Waals surface area contributed by atoms with Crippen molar-refractivity contribution in [1.82, 2.24) is 0 Å². The number of allylic oxidation sites excluding steroid dienone is 4. The summed E-state index contributed by atoms with van der Waals surface area (Å²) in [6.45, 7) is 0. The van der Waals surface area contributed by atoms with Gasteiger partial charge in [-0.05, 0) is 18.7 Å². The topological polar surface area (TPSA) is 0 Å². The second-order valence-corrected chi connectivity index (χ2v) is 2.55. The van der Waals surface area contributed by atoms with Crippen LogP contribution < -0.4 is 0 Å². The molecule has 2 heteroatoms. The van der Waals surface area contributed by atoms with Crippen LogP contribution in [0.4, 0.5) is 4.39 Å². The fraction of sp³-hybridized carbons (Fsp3) is 0.429. The van der Waals surface area contributed by atoms with Crippen LogP contribution in [0.25, 0.3) is 0 Å². The molecule has 0 bridgehead atoms. The second kappa shape index (κ2) is 3.12. The fourth-order valence-corrected chi connectivity index (χ4v) is 1.17. The van der Waals surface area contributed by atoms with Gasteiger partial charge in [-0.15, -0.1) is 9.24 Å². The molecule has 0 aromatic carbocycles. The van der Waals surface area contributed by atoms with Crippen molar-refractivity contribution in [3.63, 3.8) is 0 Å². The summed E-state index contributed by atoms with van der Waals surface area (Å²) in [4.78, 5) is 0. The summed E-state index contributed by atoms with van der Waals surface area (Å²) >= 11 is 0. The van der Waals surface area contributed by atoms with Crippen molar-refractivity contribution in [1.29, 1.82) is 0 Å². The molecule has 1 unspecified atom stereocenters. The minimum absolute atomic E-state index is 0.0113. The highest BCUT2D eigenvalue weighted by molar-refractivity contribution is 7.16. The number of hydrogen-bond donors (Lipinski definition) is 0. The van der Waals surface area contributed by atoms with E-state index in [1.54, 1.807) is 6.08 Å². The Balaban J connectivity index is 2.59. The van der Waals surface area contributed by atoms with Crippen LogP contribution in [-0.2, 0) is 0 Å². The summed E-state index contributed by atoms with van der Waals surface area (Å²) in [5.74, 6) is 0.0113. The molecule has 0 fully saturated rings. The van der Waals surface area contributed by atoms with Crippen LogP contribution in [0.15, 0.2) is 23.6 Å². The maximum Gasteiger partial charge on any atom is 0.100 e. The Hall–Kier alpha value is -0.160.